The van der Waals surface area contributed by atoms with Crippen LogP contribution in [0.1, 0.15) is 32.6 Å². The standard InChI is InChI=1S/C18H23OS.C4HF9O3S/c1-2-3-12-19-17-10-11-18(20-13-6-7-14-20)16-9-5-4-8-15(16)17;5-1(6,3(9,10)11)2(7,8)4(12,13)17(14,15)16/h4-5,8-11H,2-3,6-7,12-14H2,1H3;(H,14,15,16)/q+1;/p-1. The molecule has 0 spiro atoms. The average Bonchev–Trinajstić information content (AvgIpc) is 3.32. The number of unbranched alkanes of at least 4 members (excludes halogenated alkanes) is 1. The van der Waals surface area contributed by atoms with Gasteiger partial charge in [-0.25, -0.2) is 8.42 Å². The minimum Gasteiger partial charge on any atom is -0.743 e. The summed E-state index contributed by atoms with van der Waals surface area (Å²) in [5.74, 6) is -11.0. The largest absolute Gasteiger partial charge is 0.743 e. The molecular formula is C22H23F9O4S2. The highest BCUT2D eigenvalue weighted by Gasteiger charge is 2.83. The molecule has 1 aliphatic rings. The second-order valence-electron chi connectivity index (χ2n) is 8.04. The topological polar surface area (TPSA) is 66.4 Å². The molecule has 37 heavy (non-hydrogen) atoms. The molecule has 0 radical (unpaired) electrons. The van der Waals surface area contributed by atoms with Gasteiger partial charge in [0.1, 0.15) is 17.3 Å². The lowest BCUT2D eigenvalue weighted by Gasteiger charge is -2.34. The Morgan fingerprint density at radius 2 is 1.41 bits per heavy atom. The van der Waals surface area contributed by atoms with Gasteiger partial charge in [0.2, 0.25) is 0 Å². The molecule has 0 unspecified atom stereocenters. The van der Waals surface area contributed by atoms with Gasteiger partial charge < -0.3 is 9.29 Å². The minimum atomic E-state index is -7.43. The summed E-state index contributed by atoms with van der Waals surface area (Å²) in [5, 5.41) is -4.41. The van der Waals surface area contributed by atoms with Crippen molar-refractivity contribution in [2.75, 3.05) is 18.1 Å². The molecule has 2 aromatic carbocycles. The highest BCUT2D eigenvalue weighted by molar-refractivity contribution is 7.97. The van der Waals surface area contributed by atoms with Crippen molar-refractivity contribution in [3.8, 4) is 5.75 Å². The number of ether oxygens (including phenoxy) is 1. The molecule has 15 heteroatoms. The third-order valence-corrected chi connectivity index (χ3v) is 8.80. The summed E-state index contributed by atoms with van der Waals surface area (Å²) in [6, 6.07) is 13.3. The molecule has 0 amide bonds. The van der Waals surface area contributed by atoms with Crippen LogP contribution in [0.5, 0.6) is 5.75 Å². The molecular weight excluding hydrogens is 563 g/mol. The summed E-state index contributed by atoms with van der Waals surface area (Å²) in [4.78, 5) is 1.56. The number of halogens is 9. The van der Waals surface area contributed by atoms with E-state index in [-0.39, 0.29) is 0 Å². The monoisotopic (exact) mass is 586 g/mol. The van der Waals surface area contributed by atoms with E-state index in [0.29, 0.717) is 10.9 Å². The summed E-state index contributed by atoms with van der Waals surface area (Å²) < 4.78 is 141. The first-order valence-corrected chi connectivity index (χ1v) is 13.8. The van der Waals surface area contributed by atoms with Gasteiger partial charge in [-0.3, -0.25) is 0 Å². The van der Waals surface area contributed by atoms with Crippen molar-refractivity contribution in [2.24, 2.45) is 0 Å². The smallest absolute Gasteiger partial charge is 0.460 e. The number of benzene rings is 2. The summed E-state index contributed by atoms with van der Waals surface area (Å²) in [7, 11) is -6.95. The van der Waals surface area contributed by atoms with E-state index in [1.165, 1.54) is 41.5 Å². The molecule has 0 N–H and O–H groups in total. The van der Waals surface area contributed by atoms with Gasteiger partial charge in [0.15, 0.2) is 15.0 Å². The van der Waals surface area contributed by atoms with Gasteiger partial charge >= 0.3 is 23.3 Å². The lowest BCUT2D eigenvalue weighted by molar-refractivity contribution is -0.382. The van der Waals surface area contributed by atoms with Crippen LogP contribution >= 0.6 is 0 Å². The van der Waals surface area contributed by atoms with E-state index in [4.69, 9.17) is 4.74 Å². The summed E-state index contributed by atoms with van der Waals surface area (Å²) >= 11 is 0. The quantitative estimate of drug-likeness (QED) is 0.149. The first-order chi connectivity index (χ1) is 16.9. The van der Waals surface area contributed by atoms with Crippen molar-refractivity contribution in [2.45, 2.75) is 60.8 Å². The van der Waals surface area contributed by atoms with Crippen molar-refractivity contribution < 1.29 is 57.2 Å². The molecule has 1 fully saturated rings. The Bertz CT molecular complexity index is 1160. The van der Waals surface area contributed by atoms with Crippen LogP contribution in [0.15, 0.2) is 41.3 Å². The maximum atomic E-state index is 12.2. The molecule has 0 aliphatic carbocycles. The van der Waals surface area contributed by atoms with Crippen LogP contribution in [0.4, 0.5) is 39.5 Å². The Hall–Kier alpha value is -1.87. The van der Waals surface area contributed by atoms with Gasteiger partial charge in [-0.1, -0.05) is 31.5 Å². The summed E-state index contributed by atoms with van der Waals surface area (Å²) in [6.07, 6.45) is -2.07. The summed E-state index contributed by atoms with van der Waals surface area (Å²) in [6.45, 7) is 3.03. The zero-order chi connectivity index (χ0) is 28.3. The lowest BCUT2D eigenvalue weighted by Crippen LogP contribution is -2.63. The number of rotatable bonds is 8. The predicted octanol–water partition coefficient (Wildman–Crippen LogP) is 6.75. The normalized spacial score (nSPS) is 16.0. The fourth-order valence-electron chi connectivity index (χ4n) is 3.34. The van der Waals surface area contributed by atoms with Crippen molar-refractivity contribution in [3.63, 3.8) is 0 Å². The third-order valence-electron chi connectivity index (χ3n) is 5.37. The first kappa shape index (κ1) is 31.3. The Labute approximate surface area is 210 Å². The maximum absolute atomic E-state index is 12.2. The molecule has 0 saturated carbocycles. The predicted molar refractivity (Wildman–Crippen MR) is 120 cm³/mol. The van der Waals surface area contributed by atoms with Crippen LogP contribution in [0.2, 0.25) is 0 Å². The van der Waals surface area contributed by atoms with Crippen LogP contribution in [0, 0.1) is 0 Å². The van der Waals surface area contributed by atoms with E-state index in [9.17, 15) is 52.5 Å². The Morgan fingerprint density at radius 1 is 0.865 bits per heavy atom. The molecule has 0 atom stereocenters. The molecule has 2 aromatic rings. The fraction of sp³-hybridized carbons (Fsp3) is 0.545. The lowest BCUT2D eigenvalue weighted by atomic mass is 10.1. The van der Waals surface area contributed by atoms with E-state index in [1.54, 1.807) is 4.90 Å². The zero-order valence-corrected chi connectivity index (χ0v) is 20.9. The summed E-state index contributed by atoms with van der Waals surface area (Å²) in [5.41, 5.74) is 0. The zero-order valence-electron chi connectivity index (χ0n) is 19.3. The third kappa shape index (κ3) is 6.41. The van der Waals surface area contributed by atoms with Crippen LogP contribution in [-0.4, -0.2) is 54.4 Å². The molecule has 0 aromatic heterocycles. The minimum absolute atomic E-state index is 0.464. The highest BCUT2D eigenvalue weighted by Crippen LogP contribution is 2.54. The number of hydrogen-bond acceptors (Lipinski definition) is 4. The van der Waals surface area contributed by atoms with Gasteiger partial charge in [-0.05, 0) is 37.5 Å². The van der Waals surface area contributed by atoms with Gasteiger partial charge in [-0.15, -0.1) is 0 Å². The van der Waals surface area contributed by atoms with Gasteiger partial charge in [0.25, 0.3) is 0 Å². The Morgan fingerprint density at radius 3 is 1.89 bits per heavy atom. The molecule has 0 bridgehead atoms. The Balaban J connectivity index is 0.000000265. The molecule has 1 saturated heterocycles. The van der Waals surface area contributed by atoms with Crippen LogP contribution < -0.4 is 4.74 Å². The molecule has 1 heterocycles. The second-order valence-corrected chi connectivity index (χ2v) is 11.7. The molecule has 4 nitrogen and oxygen atoms in total. The first-order valence-electron chi connectivity index (χ1n) is 10.9. The van der Waals surface area contributed by atoms with Crippen LogP contribution in [-0.2, 0) is 21.0 Å². The Kier molecular flexibility index (Phi) is 9.72. The van der Waals surface area contributed by atoms with E-state index >= 15 is 0 Å². The number of hydrogen-bond donors (Lipinski definition) is 0. The second kappa shape index (κ2) is 11.5. The van der Waals surface area contributed by atoms with Crippen molar-refractivity contribution in [1.29, 1.82) is 0 Å². The van der Waals surface area contributed by atoms with Crippen LogP contribution in [0.25, 0.3) is 10.8 Å². The van der Waals surface area contributed by atoms with E-state index in [1.807, 2.05) is 0 Å². The molecule has 3 rings (SSSR count). The van der Waals surface area contributed by atoms with Crippen molar-refractivity contribution in [3.05, 3.63) is 36.4 Å². The fourth-order valence-corrected chi connectivity index (χ4v) is 6.28. The average molecular weight is 587 g/mol. The van der Waals surface area contributed by atoms with Crippen molar-refractivity contribution in [1.82, 2.24) is 0 Å². The van der Waals surface area contributed by atoms with Crippen molar-refractivity contribution >= 4 is 31.8 Å². The van der Waals surface area contributed by atoms with Gasteiger partial charge in [0.05, 0.1) is 6.61 Å². The number of alkyl halides is 9. The van der Waals surface area contributed by atoms with Crippen LogP contribution in [0.3, 0.4) is 0 Å². The van der Waals surface area contributed by atoms with E-state index in [0.717, 1.165) is 18.8 Å². The van der Waals surface area contributed by atoms with Gasteiger partial charge in [0, 0.05) is 21.7 Å². The SMILES string of the molecule is CCCCOc1ccc([S+]2CCCC2)c2ccccc12.O=S(=O)([O-])C(F)(F)C(F)(F)C(F)(F)C(F)(F)F. The molecule has 210 valence electrons. The van der Waals surface area contributed by atoms with Gasteiger partial charge in [-0.2, -0.15) is 39.5 Å². The molecule has 1 aliphatic heterocycles. The van der Waals surface area contributed by atoms with E-state index in [2.05, 4.69) is 43.3 Å². The highest BCUT2D eigenvalue weighted by atomic mass is 32.2. The number of fused-ring (bicyclic) bond motifs is 1. The maximum Gasteiger partial charge on any atom is 0.460 e. The van der Waals surface area contributed by atoms with E-state index < -0.39 is 33.4 Å².